The number of ether oxygens (including phenoxy) is 3. The van der Waals surface area contributed by atoms with Crippen LogP contribution >= 0.6 is 0 Å². The zero-order valence-electron chi connectivity index (χ0n) is 18.0. The molecular weight excluding hydrogens is 408 g/mol. The summed E-state index contributed by atoms with van der Waals surface area (Å²) in [5, 5.41) is 0.464. The average molecular weight is 430 g/mol. The number of fused-ring (bicyclic) bond motifs is 1. The molecule has 0 fully saturated rings. The number of carbonyl (C=O) groups excluding carboxylic acids is 1. The predicted octanol–water partition coefficient (Wildman–Crippen LogP) is 5.14. The molecule has 0 amide bonds. The van der Waals surface area contributed by atoms with Gasteiger partial charge in [-0.3, -0.25) is 4.79 Å². The highest BCUT2D eigenvalue weighted by atomic mass is 16.5. The van der Waals surface area contributed by atoms with E-state index < -0.39 is 0 Å². The summed E-state index contributed by atoms with van der Waals surface area (Å²) in [7, 11) is 2.92. The Morgan fingerprint density at radius 1 is 0.969 bits per heavy atom. The van der Waals surface area contributed by atoms with Gasteiger partial charge in [0.2, 0.25) is 5.43 Å². The van der Waals surface area contributed by atoms with Gasteiger partial charge in [0.15, 0.2) is 0 Å². The van der Waals surface area contributed by atoms with Gasteiger partial charge in [0.1, 0.15) is 29.4 Å². The summed E-state index contributed by atoms with van der Waals surface area (Å²) >= 11 is 0. The third kappa shape index (κ3) is 4.07. The highest BCUT2D eigenvalue weighted by Crippen LogP contribution is 2.32. The summed E-state index contributed by atoms with van der Waals surface area (Å²) in [5.74, 6) is 1.30. The molecule has 0 aliphatic heterocycles. The summed E-state index contributed by atoms with van der Waals surface area (Å²) in [6.07, 6.45) is 0. The zero-order valence-corrected chi connectivity index (χ0v) is 18.0. The van der Waals surface area contributed by atoms with Crippen LogP contribution in [0.3, 0.4) is 0 Å². The van der Waals surface area contributed by atoms with Crippen molar-refractivity contribution in [2.45, 2.75) is 13.5 Å². The predicted molar refractivity (Wildman–Crippen MR) is 121 cm³/mol. The number of hydrogen-bond donors (Lipinski definition) is 0. The number of para-hydroxylation sites is 1. The van der Waals surface area contributed by atoms with Gasteiger partial charge in [0, 0.05) is 11.6 Å². The molecule has 32 heavy (non-hydrogen) atoms. The molecule has 0 aliphatic rings. The van der Waals surface area contributed by atoms with Gasteiger partial charge < -0.3 is 18.6 Å². The molecule has 0 N–H and O–H groups in total. The van der Waals surface area contributed by atoms with Crippen LogP contribution in [0.1, 0.15) is 21.7 Å². The molecule has 0 bridgehead atoms. The van der Waals surface area contributed by atoms with Gasteiger partial charge in [-0.05, 0) is 42.8 Å². The minimum atomic E-state index is -0.384. The Bertz CT molecular complexity index is 1340. The molecule has 4 rings (SSSR count). The van der Waals surface area contributed by atoms with E-state index in [0.29, 0.717) is 51.5 Å². The number of methoxy groups -OCH3 is 2. The fraction of sp³-hybridized carbons (Fsp3) is 0.154. The van der Waals surface area contributed by atoms with Crippen molar-refractivity contribution in [3.05, 3.63) is 93.8 Å². The third-order valence-corrected chi connectivity index (χ3v) is 5.20. The van der Waals surface area contributed by atoms with Crippen molar-refractivity contribution in [1.29, 1.82) is 0 Å². The maximum Gasteiger partial charge on any atom is 0.337 e. The van der Waals surface area contributed by atoms with Crippen molar-refractivity contribution in [1.82, 2.24) is 0 Å². The summed E-state index contributed by atoms with van der Waals surface area (Å²) in [6, 6.07) is 19.5. The molecule has 162 valence electrons. The van der Waals surface area contributed by atoms with Crippen LogP contribution in [0, 0.1) is 6.92 Å². The van der Waals surface area contributed by atoms with Gasteiger partial charge >= 0.3 is 5.97 Å². The molecule has 4 aromatic rings. The van der Waals surface area contributed by atoms with E-state index in [0.717, 1.165) is 5.56 Å². The minimum absolute atomic E-state index is 0.127. The van der Waals surface area contributed by atoms with E-state index in [2.05, 4.69) is 0 Å². The lowest BCUT2D eigenvalue weighted by Crippen LogP contribution is -2.08. The Morgan fingerprint density at radius 3 is 2.44 bits per heavy atom. The van der Waals surface area contributed by atoms with Gasteiger partial charge in [-0.25, -0.2) is 4.79 Å². The number of rotatable bonds is 6. The molecular formula is C26H22O6. The Morgan fingerprint density at radius 2 is 1.72 bits per heavy atom. The van der Waals surface area contributed by atoms with Gasteiger partial charge in [0.25, 0.3) is 0 Å². The van der Waals surface area contributed by atoms with Crippen molar-refractivity contribution in [3.63, 3.8) is 0 Å². The molecule has 0 saturated heterocycles. The van der Waals surface area contributed by atoms with E-state index in [1.807, 2.05) is 24.3 Å². The van der Waals surface area contributed by atoms with Gasteiger partial charge in [-0.1, -0.05) is 30.3 Å². The van der Waals surface area contributed by atoms with Crippen LogP contribution in [-0.2, 0) is 11.3 Å². The van der Waals surface area contributed by atoms with Crippen molar-refractivity contribution in [2.75, 3.05) is 14.2 Å². The molecule has 0 saturated carbocycles. The monoisotopic (exact) mass is 430 g/mol. The first-order valence-corrected chi connectivity index (χ1v) is 10.0. The summed E-state index contributed by atoms with van der Waals surface area (Å²) in [4.78, 5) is 24.8. The molecule has 1 aromatic heterocycles. The number of benzene rings is 3. The molecule has 6 heteroatoms. The average Bonchev–Trinajstić information content (AvgIpc) is 2.82. The lowest BCUT2D eigenvalue weighted by molar-refractivity contribution is 0.0600. The SMILES string of the molecule is COC(=O)c1ccc(COc2ccc3c(=O)c(-c4ccccc4OC)c(C)oc3c2)cc1. The second-order valence-electron chi connectivity index (χ2n) is 7.20. The van der Waals surface area contributed by atoms with Gasteiger partial charge in [0.05, 0.1) is 30.7 Å². The lowest BCUT2D eigenvalue weighted by Gasteiger charge is -2.12. The maximum atomic E-state index is 13.2. The number of hydrogen-bond acceptors (Lipinski definition) is 6. The van der Waals surface area contributed by atoms with Crippen LogP contribution < -0.4 is 14.9 Å². The van der Waals surface area contributed by atoms with E-state index in [4.69, 9.17) is 18.6 Å². The second kappa shape index (κ2) is 8.98. The highest BCUT2D eigenvalue weighted by molar-refractivity contribution is 5.89. The van der Waals surface area contributed by atoms with E-state index in [9.17, 15) is 9.59 Å². The first-order chi connectivity index (χ1) is 15.5. The van der Waals surface area contributed by atoms with Crippen LogP contribution in [-0.4, -0.2) is 20.2 Å². The topological polar surface area (TPSA) is 75.0 Å². The molecule has 0 radical (unpaired) electrons. The smallest absolute Gasteiger partial charge is 0.337 e. The fourth-order valence-electron chi connectivity index (χ4n) is 3.56. The van der Waals surface area contributed by atoms with Crippen LogP contribution in [0.25, 0.3) is 22.1 Å². The largest absolute Gasteiger partial charge is 0.496 e. The van der Waals surface area contributed by atoms with Crippen LogP contribution in [0.15, 0.2) is 75.9 Å². The highest BCUT2D eigenvalue weighted by Gasteiger charge is 2.17. The quantitative estimate of drug-likeness (QED) is 0.394. The number of esters is 1. The van der Waals surface area contributed by atoms with Crippen molar-refractivity contribution in [2.24, 2.45) is 0 Å². The minimum Gasteiger partial charge on any atom is -0.496 e. The Labute approximate surface area is 185 Å². The van der Waals surface area contributed by atoms with Crippen molar-refractivity contribution in [3.8, 4) is 22.6 Å². The number of aryl methyl sites for hydroxylation is 1. The summed E-state index contributed by atoms with van der Waals surface area (Å²) < 4.78 is 22.0. The third-order valence-electron chi connectivity index (χ3n) is 5.20. The first-order valence-electron chi connectivity index (χ1n) is 10.0. The molecule has 0 atom stereocenters. The molecule has 1 heterocycles. The molecule has 0 unspecified atom stereocenters. The van der Waals surface area contributed by atoms with Gasteiger partial charge in [-0.15, -0.1) is 0 Å². The van der Waals surface area contributed by atoms with E-state index >= 15 is 0 Å². The Hall–Kier alpha value is -4.06. The van der Waals surface area contributed by atoms with Gasteiger partial charge in [-0.2, -0.15) is 0 Å². The Balaban J connectivity index is 1.61. The second-order valence-corrected chi connectivity index (χ2v) is 7.20. The number of carbonyl (C=O) groups is 1. The first kappa shape index (κ1) is 21.2. The summed E-state index contributed by atoms with van der Waals surface area (Å²) in [6.45, 7) is 2.06. The van der Waals surface area contributed by atoms with E-state index in [-0.39, 0.29) is 11.4 Å². The molecule has 6 nitrogen and oxygen atoms in total. The van der Waals surface area contributed by atoms with E-state index in [1.54, 1.807) is 56.5 Å². The van der Waals surface area contributed by atoms with E-state index in [1.165, 1.54) is 7.11 Å². The van der Waals surface area contributed by atoms with Crippen molar-refractivity contribution < 1.29 is 23.4 Å². The maximum absolute atomic E-state index is 13.2. The molecule has 0 spiro atoms. The van der Waals surface area contributed by atoms with Crippen LogP contribution in [0.5, 0.6) is 11.5 Å². The van der Waals surface area contributed by atoms with Crippen LogP contribution in [0.4, 0.5) is 0 Å². The molecule has 3 aromatic carbocycles. The molecule has 0 aliphatic carbocycles. The van der Waals surface area contributed by atoms with Crippen LogP contribution in [0.2, 0.25) is 0 Å². The lowest BCUT2D eigenvalue weighted by atomic mass is 10.0. The zero-order chi connectivity index (χ0) is 22.7. The standard InChI is InChI=1S/C26H22O6/c1-16-24(20-6-4-5-7-22(20)29-2)25(27)21-13-12-19(14-23(21)32-16)31-15-17-8-10-18(11-9-17)26(28)30-3/h4-14H,15H2,1-3H3. The van der Waals surface area contributed by atoms with Crippen molar-refractivity contribution >= 4 is 16.9 Å². The normalized spacial score (nSPS) is 10.7. The Kier molecular flexibility index (Phi) is 5.94. The summed E-state index contributed by atoms with van der Waals surface area (Å²) in [5.41, 5.74) is 2.86. The fourth-order valence-corrected chi connectivity index (χ4v) is 3.56.